The summed E-state index contributed by atoms with van der Waals surface area (Å²) in [5, 5.41) is 0. The van der Waals surface area contributed by atoms with Crippen molar-refractivity contribution in [3.8, 4) is 11.5 Å². The number of rotatable bonds is 8. The SMILES string of the molecule is C=CCN1C(=O)/C(=C/c2ccc(OCCOc3cccc(C(F)(F)F)c3)cc2)SC1=S. The zero-order valence-corrected chi connectivity index (χ0v) is 17.9. The minimum absolute atomic E-state index is 0.0921. The van der Waals surface area contributed by atoms with Gasteiger partial charge in [-0.15, -0.1) is 6.58 Å². The maximum absolute atomic E-state index is 12.7. The molecule has 3 rings (SSSR count). The van der Waals surface area contributed by atoms with Gasteiger partial charge in [-0.1, -0.05) is 48.3 Å². The fourth-order valence-corrected chi connectivity index (χ4v) is 3.95. The summed E-state index contributed by atoms with van der Waals surface area (Å²) in [6.45, 7) is 4.25. The summed E-state index contributed by atoms with van der Waals surface area (Å²) in [5.41, 5.74) is 0.0505. The van der Waals surface area contributed by atoms with Crippen LogP contribution in [0.1, 0.15) is 11.1 Å². The Hall–Kier alpha value is -2.78. The summed E-state index contributed by atoms with van der Waals surface area (Å²) in [7, 11) is 0. The first-order chi connectivity index (χ1) is 14.8. The molecule has 0 spiro atoms. The minimum atomic E-state index is -4.41. The third-order valence-electron chi connectivity index (χ3n) is 4.15. The van der Waals surface area contributed by atoms with Crippen LogP contribution in [0.3, 0.4) is 0 Å². The number of benzene rings is 2. The van der Waals surface area contributed by atoms with Crippen molar-refractivity contribution in [2.24, 2.45) is 0 Å². The molecule has 0 radical (unpaired) electrons. The maximum atomic E-state index is 12.7. The number of nitrogens with zero attached hydrogens (tertiary/aromatic N) is 1. The van der Waals surface area contributed by atoms with Gasteiger partial charge in [0.25, 0.3) is 5.91 Å². The molecule has 0 aromatic heterocycles. The van der Waals surface area contributed by atoms with Gasteiger partial charge >= 0.3 is 6.18 Å². The molecule has 162 valence electrons. The molecule has 2 aromatic rings. The Bertz CT molecular complexity index is 1000. The van der Waals surface area contributed by atoms with Crippen LogP contribution in [-0.4, -0.2) is 34.9 Å². The molecule has 31 heavy (non-hydrogen) atoms. The van der Waals surface area contributed by atoms with E-state index in [9.17, 15) is 18.0 Å². The lowest BCUT2D eigenvalue weighted by molar-refractivity contribution is -0.137. The number of alkyl halides is 3. The third-order valence-corrected chi connectivity index (χ3v) is 5.52. The Morgan fingerprint density at radius 3 is 2.39 bits per heavy atom. The number of carbonyl (C=O) groups is 1. The average molecular weight is 466 g/mol. The van der Waals surface area contributed by atoms with Gasteiger partial charge in [0.05, 0.1) is 10.5 Å². The van der Waals surface area contributed by atoms with Gasteiger partial charge in [0.2, 0.25) is 0 Å². The van der Waals surface area contributed by atoms with Crippen molar-refractivity contribution in [2.45, 2.75) is 6.18 Å². The molecule has 9 heteroatoms. The molecule has 1 heterocycles. The number of thiocarbonyl (C=S) groups is 1. The average Bonchev–Trinajstić information content (AvgIpc) is 3.00. The Morgan fingerprint density at radius 2 is 1.74 bits per heavy atom. The number of amides is 1. The van der Waals surface area contributed by atoms with Crippen molar-refractivity contribution in [2.75, 3.05) is 19.8 Å². The third kappa shape index (κ3) is 6.11. The largest absolute Gasteiger partial charge is 0.490 e. The zero-order valence-electron chi connectivity index (χ0n) is 16.2. The summed E-state index contributed by atoms with van der Waals surface area (Å²) in [6, 6.07) is 11.8. The Morgan fingerprint density at radius 1 is 1.06 bits per heavy atom. The van der Waals surface area contributed by atoms with Gasteiger partial charge in [-0.05, 0) is 42.0 Å². The molecule has 0 aliphatic carbocycles. The Labute approximate surface area is 187 Å². The number of thioether (sulfide) groups is 1. The van der Waals surface area contributed by atoms with E-state index in [1.807, 2.05) is 0 Å². The molecule has 1 amide bonds. The van der Waals surface area contributed by atoms with Crippen molar-refractivity contribution in [3.05, 3.63) is 77.2 Å². The van der Waals surface area contributed by atoms with Gasteiger partial charge in [0.1, 0.15) is 29.0 Å². The lowest BCUT2D eigenvalue weighted by Crippen LogP contribution is -2.27. The summed E-state index contributed by atoms with van der Waals surface area (Å²) < 4.78 is 49.5. The molecule has 0 unspecified atom stereocenters. The topological polar surface area (TPSA) is 38.8 Å². The lowest BCUT2D eigenvalue weighted by atomic mass is 10.2. The predicted molar refractivity (Wildman–Crippen MR) is 119 cm³/mol. The van der Waals surface area contributed by atoms with E-state index < -0.39 is 11.7 Å². The van der Waals surface area contributed by atoms with Gasteiger partial charge in [0.15, 0.2) is 0 Å². The quantitative estimate of drug-likeness (QED) is 0.221. The second-order valence-electron chi connectivity index (χ2n) is 6.37. The number of hydrogen-bond donors (Lipinski definition) is 0. The van der Waals surface area contributed by atoms with Crippen LogP contribution in [-0.2, 0) is 11.0 Å². The summed E-state index contributed by atoms with van der Waals surface area (Å²) >= 11 is 6.45. The molecule has 0 atom stereocenters. The zero-order chi connectivity index (χ0) is 22.4. The van der Waals surface area contributed by atoms with E-state index in [1.54, 1.807) is 36.4 Å². The smallest absolute Gasteiger partial charge is 0.416 e. The standard InChI is InChI=1S/C22H18F3NO3S2/c1-2-10-26-20(27)19(31-21(26)30)13-15-6-8-17(9-7-15)28-11-12-29-18-5-3-4-16(14-18)22(23,24)25/h2-9,13-14H,1,10-12H2/b19-13-. The van der Waals surface area contributed by atoms with Crippen LogP contribution < -0.4 is 9.47 Å². The molecular formula is C22H18F3NO3S2. The van der Waals surface area contributed by atoms with Crippen LogP contribution in [0.25, 0.3) is 6.08 Å². The van der Waals surface area contributed by atoms with E-state index in [1.165, 1.54) is 28.8 Å². The van der Waals surface area contributed by atoms with Crippen molar-refractivity contribution in [1.29, 1.82) is 0 Å². The van der Waals surface area contributed by atoms with Crippen LogP contribution in [0.15, 0.2) is 66.1 Å². The van der Waals surface area contributed by atoms with Crippen molar-refractivity contribution in [3.63, 3.8) is 0 Å². The Kier molecular flexibility index (Phi) is 7.40. The van der Waals surface area contributed by atoms with Crippen LogP contribution in [0.4, 0.5) is 13.2 Å². The van der Waals surface area contributed by atoms with Crippen LogP contribution in [0.2, 0.25) is 0 Å². The summed E-state index contributed by atoms with van der Waals surface area (Å²) in [5.74, 6) is 0.550. The van der Waals surface area contributed by atoms with Gasteiger partial charge < -0.3 is 9.47 Å². The number of ether oxygens (including phenoxy) is 2. The second-order valence-corrected chi connectivity index (χ2v) is 8.05. The summed E-state index contributed by atoms with van der Waals surface area (Å²) in [6.07, 6.45) is -1.04. The number of halogens is 3. The molecule has 1 aliphatic heterocycles. The van der Waals surface area contributed by atoms with Crippen LogP contribution in [0.5, 0.6) is 11.5 Å². The van der Waals surface area contributed by atoms with Gasteiger partial charge in [0, 0.05) is 6.54 Å². The highest BCUT2D eigenvalue weighted by molar-refractivity contribution is 8.26. The van der Waals surface area contributed by atoms with E-state index in [-0.39, 0.29) is 24.9 Å². The molecule has 1 saturated heterocycles. The minimum Gasteiger partial charge on any atom is -0.490 e. The van der Waals surface area contributed by atoms with Crippen molar-refractivity contribution >= 4 is 40.3 Å². The molecule has 0 N–H and O–H groups in total. The molecule has 1 fully saturated rings. The summed E-state index contributed by atoms with van der Waals surface area (Å²) in [4.78, 5) is 14.4. The molecule has 4 nitrogen and oxygen atoms in total. The van der Waals surface area contributed by atoms with E-state index in [0.29, 0.717) is 21.5 Å². The van der Waals surface area contributed by atoms with E-state index in [4.69, 9.17) is 21.7 Å². The molecule has 0 saturated carbocycles. The predicted octanol–water partition coefficient (Wildman–Crippen LogP) is 5.55. The maximum Gasteiger partial charge on any atom is 0.416 e. The second kappa shape index (κ2) is 10.0. The van der Waals surface area contributed by atoms with Gasteiger partial charge in [-0.2, -0.15) is 13.2 Å². The number of hydrogen-bond acceptors (Lipinski definition) is 5. The fraction of sp³-hybridized carbons (Fsp3) is 0.182. The molecule has 1 aliphatic rings. The first kappa shape index (κ1) is 22.9. The van der Waals surface area contributed by atoms with E-state index in [2.05, 4.69) is 6.58 Å². The van der Waals surface area contributed by atoms with Crippen molar-refractivity contribution < 1.29 is 27.4 Å². The lowest BCUT2D eigenvalue weighted by Gasteiger charge is -2.11. The van der Waals surface area contributed by atoms with Gasteiger partial charge in [-0.25, -0.2) is 0 Å². The first-order valence-corrected chi connectivity index (χ1v) is 10.4. The molecular weight excluding hydrogens is 447 g/mol. The highest BCUT2D eigenvalue weighted by atomic mass is 32.2. The van der Waals surface area contributed by atoms with Crippen LogP contribution in [0, 0.1) is 0 Å². The van der Waals surface area contributed by atoms with Gasteiger partial charge in [-0.3, -0.25) is 9.69 Å². The van der Waals surface area contributed by atoms with E-state index in [0.717, 1.165) is 17.7 Å². The fourth-order valence-electron chi connectivity index (χ4n) is 2.68. The molecule has 2 aromatic carbocycles. The monoisotopic (exact) mass is 465 g/mol. The normalized spacial score (nSPS) is 15.5. The first-order valence-electron chi connectivity index (χ1n) is 9.17. The highest BCUT2D eigenvalue weighted by Crippen LogP contribution is 2.33. The van der Waals surface area contributed by atoms with Crippen molar-refractivity contribution in [1.82, 2.24) is 4.90 Å². The highest BCUT2D eigenvalue weighted by Gasteiger charge is 2.31. The number of carbonyl (C=O) groups excluding carboxylic acids is 1. The molecule has 0 bridgehead atoms. The Balaban J connectivity index is 1.51. The van der Waals surface area contributed by atoms with E-state index >= 15 is 0 Å². The van der Waals surface area contributed by atoms with Crippen LogP contribution >= 0.6 is 24.0 Å².